The van der Waals surface area contributed by atoms with Crippen LogP contribution in [0.5, 0.6) is 0 Å². The highest BCUT2D eigenvalue weighted by Crippen LogP contribution is 2.22. The first-order valence-electron chi connectivity index (χ1n) is 8.38. The van der Waals surface area contributed by atoms with Crippen LogP contribution in [-0.4, -0.2) is 45.8 Å². The van der Waals surface area contributed by atoms with E-state index in [1.807, 2.05) is 0 Å². The number of aryl methyl sites for hydroxylation is 1. The average molecular weight is 329 g/mol. The van der Waals surface area contributed by atoms with Crippen LogP contribution in [0.1, 0.15) is 24.1 Å². The summed E-state index contributed by atoms with van der Waals surface area (Å²) in [6.45, 7) is 6.47. The minimum Gasteiger partial charge on any atom is -0.314 e. The van der Waals surface area contributed by atoms with Crippen LogP contribution in [0.2, 0.25) is 0 Å². The van der Waals surface area contributed by atoms with Crippen molar-refractivity contribution in [2.24, 2.45) is 0 Å². The van der Waals surface area contributed by atoms with E-state index in [1.54, 1.807) is 4.68 Å². The SMILES string of the molecule is CCc1ccc(C2CNCCN2CCn2cc([N+](=O)[O-])cn2)cc1. The second-order valence-corrected chi connectivity index (χ2v) is 6.07. The molecule has 1 aromatic heterocycles. The minimum atomic E-state index is -0.410. The van der Waals surface area contributed by atoms with Crippen molar-refractivity contribution in [1.82, 2.24) is 20.0 Å². The van der Waals surface area contributed by atoms with Gasteiger partial charge in [-0.15, -0.1) is 0 Å². The molecule has 0 spiro atoms. The summed E-state index contributed by atoms with van der Waals surface area (Å²) in [6, 6.07) is 9.14. The van der Waals surface area contributed by atoms with Crippen LogP contribution >= 0.6 is 0 Å². The second kappa shape index (κ2) is 7.55. The zero-order chi connectivity index (χ0) is 16.9. The van der Waals surface area contributed by atoms with E-state index in [0.717, 1.165) is 32.6 Å². The van der Waals surface area contributed by atoms with Gasteiger partial charge in [0.25, 0.3) is 0 Å². The first-order valence-corrected chi connectivity index (χ1v) is 8.38. The van der Waals surface area contributed by atoms with Crippen molar-refractivity contribution in [3.8, 4) is 0 Å². The van der Waals surface area contributed by atoms with E-state index in [-0.39, 0.29) is 5.69 Å². The Kier molecular flexibility index (Phi) is 5.22. The number of hydrogen-bond acceptors (Lipinski definition) is 5. The average Bonchev–Trinajstić information content (AvgIpc) is 3.10. The van der Waals surface area contributed by atoms with Gasteiger partial charge in [0.05, 0.1) is 11.5 Å². The predicted octanol–water partition coefficient (Wildman–Crippen LogP) is 2.00. The summed E-state index contributed by atoms with van der Waals surface area (Å²) in [4.78, 5) is 12.8. The van der Waals surface area contributed by atoms with Crippen LogP contribution in [-0.2, 0) is 13.0 Å². The van der Waals surface area contributed by atoms with Gasteiger partial charge in [-0.25, -0.2) is 0 Å². The highest BCUT2D eigenvalue weighted by Gasteiger charge is 2.23. The summed E-state index contributed by atoms with van der Waals surface area (Å²) in [7, 11) is 0. The monoisotopic (exact) mass is 329 g/mol. The van der Waals surface area contributed by atoms with Gasteiger partial charge in [0.1, 0.15) is 12.4 Å². The Hall–Kier alpha value is -2.25. The Bertz CT molecular complexity index is 683. The molecule has 0 amide bonds. The Labute approximate surface area is 141 Å². The Morgan fingerprint density at radius 2 is 2.12 bits per heavy atom. The van der Waals surface area contributed by atoms with E-state index >= 15 is 0 Å². The zero-order valence-electron chi connectivity index (χ0n) is 13.9. The lowest BCUT2D eigenvalue weighted by molar-refractivity contribution is -0.385. The molecule has 0 bridgehead atoms. The Morgan fingerprint density at radius 3 is 2.79 bits per heavy atom. The number of nitrogens with zero attached hydrogens (tertiary/aromatic N) is 4. The molecule has 1 unspecified atom stereocenters. The molecule has 2 aromatic rings. The summed E-state index contributed by atoms with van der Waals surface area (Å²) in [5, 5.41) is 18.3. The summed E-state index contributed by atoms with van der Waals surface area (Å²) < 4.78 is 1.65. The molecule has 1 aliphatic heterocycles. The van der Waals surface area contributed by atoms with Gasteiger partial charge in [-0.05, 0) is 17.5 Å². The number of nitro groups is 1. The van der Waals surface area contributed by atoms with Gasteiger partial charge >= 0.3 is 5.69 Å². The highest BCUT2D eigenvalue weighted by molar-refractivity contribution is 5.26. The Morgan fingerprint density at radius 1 is 1.33 bits per heavy atom. The molecule has 0 radical (unpaired) electrons. The number of nitrogens with one attached hydrogen (secondary N) is 1. The second-order valence-electron chi connectivity index (χ2n) is 6.07. The maximum Gasteiger partial charge on any atom is 0.306 e. The lowest BCUT2D eigenvalue weighted by atomic mass is 10.0. The fraction of sp³-hybridized carbons (Fsp3) is 0.471. The topological polar surface area (TPSA) is 76.2 Å². The van der Waals surface area contributed by atoms with Crippen molar-refractivity contribution in [3.63, 3.8) is 0 Å². The molecule has 1 fully saturated rings. The van der Waals surface area contributed by atoms with Crippen molar-refractivity contribution < 1.29 is 4.92 Å². The largest absolute Gasteiger partial charge is 0.314 e. The molecular weight excluding hydrogens is 306 g/mol. The lowest BCUT2D eigenvalue weighted by Crippen LogP contribution is -2.47. The van der Waals surface area contributed by atoms with E-state index in [9.17, 15) is 10.1 Å². The molecular formula is C17H23N5O2. The summed E-state index contributed by atoms with van der Waals surface area (Å²) >= 11 is 0. The molecule has 3 rings (SSSR count). The lowest BCUT2D eigenvalue weighted by Gasteiger charge is -2.36. The van der Waals surface area contributed by atoms with Gasteiger partial charge in [-0.1, -0.05) is 31.2 Å². The molecule has 2 heterocycles. The van der Waals surface area contributed by atoms with E-state index < -0.39 is 4.92 Å². The van der Waals surface area contributed by atoms with Crippen molar-refractivity contribution in [3.05, 3.63) is 57.9 Å². The number of benzene rings is 1. The van der Waals surface area contributed by atoms with E-state index in [0.29, 0.717) is 12.6 Å². The van der Waals surface area contributed by atoms with Crippen molar-refractivity contribution >= 4 is 5.69 Å². The minimum absolute atomic E-state index is 0.0435. The van der Waals surface area contributed by atoms with Crippen LogP contribution in [0.3, 0.4) is 0 Å². The van der Waals surface area contributed by atoms with Crippen molar-refractivity contribution in [1.29, 1.82) is 0 Å². The quantitative estimate of drug-likeness (QED) is 0.648. The maximum atomic E-state index is 10.7. The first kappa shape index (κ1) is 16.6. The first-order chi connectivity index (χ1) is 11.7. The van der Waals surface area contributed by atoms with Crippen molar-refractivity contribution in [2.75, 3.05) is 26.2 Å². The summed E-state index contributed by atoms with van der Waals surface area (Å²) in [5.41, 5.74) is 2.70. The van der Waals surface area contributed by atoms with E-state index in [2.05, 4.69) is 46.5 Å². The molecule has 1 saturated heterocycles. The van der Waals surface area contributed by atoms with Crippen LogP contribution in [0.4, 0.5) is 5.69 Å². The van der Waals surface area contributed by atoms with Gasteiger partial charge in [-0.2, -0.15) is 5.10 Å². The van der Waals surface area contributed by atoms with Crippen LogP contribution < -0.4 is 5.32 Å². The molecule has 7 nitrogen and oxygen atoms in total. The van der Waals surface area contributed by atoms with Crippen LogP contribution in [0.25, 0.3) is 0 Å². The van der Waals surface area contributed by atoms with Gasteiger partial charge in [0.15, 0.2) is 0 Å². The maximum absolute atomic E-state index is 10.7. The van der Waals surface area contributed by atoms with Gasteiger partial charge in [0, 0.05) is 32.2 Å². The smallest absolute Gasteiger partial charge is 0.306 e. The van der Waals surface area contributed by atoms with E-state index in [4.69, 9.17) is 0 Å². The van der Waals surface area contributed by atoms with Crippen LogP contribution in [0, 0.1) is 10.1 Å². The number of piperazine rings is 1. The molecule has 1 N–H and O–H groups in total. The van der Waals surface area contributed by atoms with Gasteiger partial charge in [-0.3, -0.25) is 19.7 Å². The third-order valence-electron chi connectivity index (χ3n) is 4.57. The van der Waals surface area contributed by atoms with Crippen LogP contribution in [0.15, 0.2) is 36.7 Å². The predicted molar refractivity (Wildman–Crippen MR) is 91.9 cm³/mol. The molecule has 1 aliphatic rings. The molecule has 0 saturated carbocycles. The molecule has 1 atom stereocenters. The molecule has 1 aromatic carbocycles. The third kappa shape index (κ3) is 3.80. The highest BCUT2D eigenvalue weighted by atomic mass is 16.6. The Balaban J connectivity index is 1.66. The standard InChI is InChI=1S/C17H23N5O2/c1-2-14-3-5-15(6-4-14)17-12-18-7-8-20(17)9-10-21-13-16(11-19-21)22(23)24/h3-6,11,13,17-18H,2,7-10,12H2,1H3. The summed E-state index contributed by atoms with van der Waals surface area (Å²) in [6.07, 6.45) is 3.84. The summed E-state index contributed by atoms with van der Waals surface area (Å²) in [5.74, 6) is 0. The number of hydrogen-bond donors (Lipinski definition) is 1. The molecule has 24 heavy (non-hydrogen) atoms. The zero-order valence-corrected chi connectivity index (χ0v) is 13.9. The number of aromatic nitrogens is 2. The van der Waals surface area contributed by atoms with E-state index in [1.165, 1.54) is 23.5 Å². The van der Waals surface area contributed by atoms with Gasteiger partial charge < -0.3 is 5.32 Å². The fourth-order valence-electron chi connectivity index (χ4n) is 3.12. The fourth-order valence-corrected chi connectivity index (χ4v) is 3.12. The molecule has 7 heteroatoms. The van der Waals surface area contributed by atoms with Gasteiger partial charge in [0.2, 0.25) is 0 Å². The third-order valence-corrected chi connectivity index (χ3v) is 4.57. The number of rotatable bonds is 6. The normalized spacial score (nSPS) is 18.6. The molecule has 0 aliphatic carbocycles. The molecule has 128 valence electrons. The van der Waals surface area contributed by atoms with Crippen molar-refractivity contribution in [2.45, 2.75) is 25.9 Å².